The number of benzene rings is 1. The number of nitrogens with one attached hydrogen (secondary N) is 1. The molecule has 0 aliphatic heterocycles. The maximum Gasteiger partial charge on any atom is 0.287 e. The highest BCUT2D eigenvalue weighted by Gasteiger charge is 2.54. The number of carbonyl (C=O) groups excluding carboxylic acids is 1. The van der Waals surface area contributed by atoms with Gasteiger partial charge in [-0.05, 0) is 61.4 Å². The molecular weight excluding hydrogens is 382 g/mol. The Kier molecular flexibility index (Phi) is 4.01. The second-order valence-corrected chi connectivity index (χ2v) is 8.43. The zero-order chi connectivity index (χ0) is 19.5. The lowest BCUT2D eigenvalue weighted by Gasteiger charge is -2.57. The van der Waals surface area contributed by atoms with Crippen LogP contribution in [0, 0.1) is 5.41 Å². The molecule has 2 aromatic heterocycles. The van der Waals surface area contributed by atoms with Gasteiger partial charge in [0.2, 0.25) is 0 Å². The number of rotatable bonds is 4. The first-order valence-corrected chi connectivity index (χ1v) is 9.69. The molecule has 1 spiro atoms. The van der Waals surface area contributed by atoms with Crippen molar-refractivity contribution in [2.75, 3.05) is 0 Å². The minimum atomic E-state index is -1.22. The average molecular weight is 402 g/mol. The molecule has 5 rings (SSSR count). The topological polar surface area (TPSA) is 115 Å². The first-order chi connectivity index (χ1) is 13.4. The van der Waals surface area contributed by atoms with Gasteiger partial charge in [0.05, 0.1) is 0 Å². The second kappa shape index (κ2) is 6.34. The quantitative estimate of drug-likeness (QED) is 0.576. The van der Waals surface area contributed by atoms with Crippen LogP contribution in [0.3, 0.4) is 0 Å². The van der Waals surface area contributed by atoms with Gasteiger partial charge < -0.3 is 19.3 Å². The van der Waals surface area contributed by atoms with E-state index in [1.54, 1.807) is 6.07 Å². The summed E-state index contributed by atoms with van der Waals surface area (Å²) in [6.07, 6.45) is 2.69. The Morgan fingerprint density at radius 2 is 2.04 bits per heavy atom. The monoisotopic (exact) mass is 401 g/mol. The number of nitrogens with two attached hydrogens (primary N) is 1. The van der Waals surface area contributed by atoms with Crippen LogP contribution < -0.4 is 11.1 Å². The van der Waals surface area contributed by atoms with E-state index in [0.29, 0.717) is 10.9 Å². The van der Waals surface area contributed by atoms with E-state index in [2.05, 4.69) is 10.3 Å². The largest absolute Gasteiger partial charge is 0.452 e. The van der Waals surface area contributed by atoms with Gasteiger partial charge in [-0.1, -0.05) is 11.6 Å². The van der Waals surface area contributed by atoms with Gasteiger partial charge in [0, 0.05) is 17.0 Å². The van der Waals surface area contributed by atoms with E-state index < -0.39 is 6.23 Å². The summed E-state index contributed by atoms with van der Waals surface area (Å²) in [5.74, 6) is 1.16. The van der Waals surface area contributed by atoms with Gasteiger partial charge in [-0.3, -0.25) is 10.5 Å². The number of nitrogens with zero attached hydrogens (tertiary/aromatic N) is 1. The summed E-state index contributed by atoms with van der Waals surface area (Å²) in [7, 11) is 0. The molecule has 1 atom stereocenters. The van der Waals surface area contributed by atoms with Crippen molar-refractivity contribution < 1.29 is 18.7 Å². The van der Waals surface area contributed by atoms with Gasteiger partial charge in [-0.2, -0.15) is 0 Å². The Morgan fingerprint density at radius 1 is 1.25 bits per heavy atom. The molecular formula is C20H20ClN3O4. The normalized spacial score (nSPS) is 27.4. The lowest BCUT2D eigenvalue weighted by atomic mass is 9.50. The van der Waals surface area contributed by atoms with Gasteiger partial charge >= 0.3 is 0 Å². The third-order valence-electron chi connectivity index (χ3n) is 5.91. The van der Waals surface area contributed by atoms with Gasteiger partial charge in [-0.15, -0.1) is 0 Å². The number of carbonyl (C=O) groups is 1. The van der Waals surface area contributed by atoms with Crippen molar-refractivity contribution in [3.8, 4) is 0 Å². The van der Waals surface area contributed by atoms with Crippen molar-refractivity contribution in [2.45, 2.75) is 43.9 Å². The smallest absolute Gasteiger partial charge is 0.287 e. The number of hydrogen-bond acceptors (Lipinski definition) is 6. The van der Waals surface area contributed by atoms with Crippen LogP contribution in [0.5, 0.6) is 0 Å². The molecule has 2 saturated carbocycles. The fraction of sp³-hybridized carbons (Fsp3) is 0.400. The number of amides is 1. The van der Waals surface area contributed by atoms with Crippen LogP contribution in [0.4, 0.5) is 0 Å². The maximum absolute atomic E-state index is 12.3. The van der Waals surface area contributed by atoms with Crippen LogP contribution in [0.2, 0.25) is 5.02 Å². The molecule has 2 aliphatic carbocycles. The molecule has 2 heterocycles. The molecule has 1 aromatic carbocycles. The number of oxazole rings is 1. The summed E-state index contributed by atoms with van der Waals surface area (Å²) in [6, 6.07) is 8.63. The predicted molar refractivity (Wildman–Crippen MR) is 102 cm³/mol. The molecule has 0 bridgehead atoms. The molecule has 3 aromatic rings. The summed E-state index contributed by atoms with van der Waals surface area (Å²) in [4.78, 5) is 16.8. The van der Waals surface area contributed by atoms with Crippen molar-refractivity contribution in [2.24, 2.45) is 11.1 Å². The van der Waals surface area contributed by atoms with E-state index in [1.165, 1.54) is 12.1 Å². The molecule has 7 nitrogen and oxygen atoms in total. The van der Waals surface area contributed by atoms with Gasteiger partial charge in [0.15, 0.2) is 23.5 Å². The number of fused-ring (bicyclic) bond motifs is 1. The third kappa shape index (κ3) is 2.99. The van der Waals surface area contributed by atoms with E-state index in [1.807, 2.05) is 12.1 Å². The summed E-state index contributed by atoms with van der Waals surface area (Å²) in [5.41, 5.74) is 7.15. The minimum absolute atomic E-state index is 0.132. The standard InChI is InChI=1S/C20H20ClN3O4/c21-11-1-2-14-13(5-11)24-19(28-14)10-6-20(7-10)8-12(9-20)23-18(26)16-4-3-15(27-16)17(22)25/h1-5,10,12,17,25H,6-9,22H2,(H,23,26). The fourth-order valence-corrected chi connectivity index (χ4v) is 4.73. The van der Waals surface area contributed by atoms with Gasteiger partial charge in [0.1, 0.15) is 11.3 Å². The van der Waals surface area contributed by atoms with Gasteiger partial charge in [-0.25, -0.2) is 4.98 Å². The Morgan fingerprint density at radius 3 is 2.75 bits per heavy atom. The molecule has 28 heavy (non-hydrogen) atoms. The molecule has 0 saturated heterocycles. The third-order valence-corrected chi connectivity index (χ3v) is 6.15. The molecule has 0 radical (unpaired) electrons. The van der Waals surface area contributed by atoms with Crippen LogP contribution in [-0.2, 0) is 0 Å². The van der Waals surface area contributed by atoms with Crippen LogP contribution >= 0.6 is 11.6 Å². The highest BCUT2D eigenvalue weighted by Crippen LogP contribution is 2.61. The van der Waals surface area contributed by atoms with Crippen LogP contribution in [0.25, 0.3) is 11.1 Å². The van der Waals surface area contributed by atoms with Crippen molar-refractivity contribution in [1.82, 2.24) is 10.3 Å². The maximum atomic E-state index is 12.3. The summed E-state index contributed by atoms with van der Waals surface area (Å²) in [5, 5.41) is 12.9. The summed E-state index contributed by atoms with van der Waals surface area (Å²) >= 11 is 6.01. The summed E-state index contributed by atoms with van der Waals surface area (Å²) in [6.45, 7) is 0. The number of aliphatic hydroxyl groups excluding tert-OH is 1. The number of hydrogen-bond donors (Lipinski definition) is 3. The second-order valence-electron chi connectivity index (χ2n) is 7.99. The molecule has 2 aliphatic rings. The highest BCUT2D eigenvalue weighted by molar-refractivity contribution is 6.31. The molecule has 1 unspecified atom stereocenters. The van der Waals surface area contributed by atoms with Crippen molar-refractivity contribution >= 4 is 28.6 Å². The molecule has 2 fully saturated rings. The lowest BCUT2D eigenvalue weighted by Crippen LogP contribution is -2.55. The summed E-state index contributed by atoms with van der Waals surface area (Å²) < 4.78 is 11.1. The fourth-order valence-electron chi connectivity index (χ4n) is 4.56. The number of halogens is 1. The Labute approximate surface area is 165 Å². The Bertz CT molecular complexity index is 1040. The number of aliphatic hydroxyl groups is 1. The molecule has 146 valence electrons. The van der Waals surface area contributed by atoms with E-state index >= 15 is 0 Å². The van der Waals surface area contributed by atoms with Crippen molar-refractivity contribution in [3.05, 3.63) is 52.8 Å². The lowest BCUT2D eigenvalue weighted by molar-refractivity contribution is -0.0256. The van der Waals surface area contributed by atoms with Crippen molar-refractivity contribution in [1.29, 1.82) is 0 Å². The predicted octanol–water partition coefficient (Wildman–Crippen LogP) is 3.48. The van der Waals surface area contributed by atoms with E-state index in [-0.39, 0.29) is 28.9 Å². The first-order valence-electron chi connectivity index (χ1n) is 9.31. The molecule has 1 amide bonds. The first kappa shape index (κ1) is 17.7. The van der Waals surface area contributed by atoms with Crippen LogP contribution in [0.1, 0.15) is 60.0 Å². The number of aromatic nitrogens is 1. The number of furan rings is 1. The Hall–Kier alpha value is -2.35. The minimum Gasteiger partial charge on any atom is -0.452 e. The SMILES string of the molecule is NC(O)c1ccc(C(=O)NC2CC3(C2)CC(c2nc4cc(Cl)ccc4o2)C3)o1. The molecule has 4 N–H and O–H groups in total. The average Bonchev–Trinajstić information content (AvgIpc) is 3.21. The van der Waals surface area contributed by atoms with E-state index in [0.717, 1.165) is 42.7 Å². The van der Waals surface area contributed by atoms with Crippen LogP contribution in [-0.4, -0.2) is 22.0 Å². The Balaban J connectivity index is 1.16. The zero-order valence-electron chi connectivity index (χ0n) is 15.0. The van der Waals surface area contributed by atoms with E-state index in [9.17, 15) is 9.90 Å². The highest BCUT2D eigenvalue weighted by atomic mass is 35.5. The zero-order valence-corrected chi connectivity index (χ0v) is 15.8. The van der Waals surface area contributed by atoms with Crippen molar-refractivity contribution in [3.63, 3.8) is 0 Å². The molecule has 8 heteroatoms. The van der Waals surface area contributed by atoms with E-state index in [4.69, 9.17) is 26.2 Å². The van der Waals surface area contributed by atoms with Gasteiger partial charge in [0.25, 0.3) is 5.91 Å². The van der Waals surface area contributed by atoms with Crippen LogP contribution in [0.15, 0.2) is 39.2 Å².